The lowest BCUT2D eigenvalue weighted by Gasteiger charge is -2.09. The summed E-state index contributed by atoms with van der Waals surface area (Å²) in [5, 5.41) is 5.96. The number of rotatable bonds is 5. The highest BCUT2D eigenvalue weighted by atomic mass is 16.1. The van der Waals surface area contributed by atoms with Gasteiger partial charge in [0.1, 0.15) is 0 Å². The fourth-order valence-corrected chi connectivity index (χ4v) is 1.89. The summed E-state index contributed by atoms with van der Waals surface area (Å²) in [6.07, 6.45) is 0. The number of nitrogens with one attached hydrogen (secondary N) is 2. The maximum Gasteiger partial charge on any atom is 0.243 e. The van der Waals surface area contributed by atoms with Gasteiger partial charge in [-0.2, -0.15) is 0 Å². The first kappa shape index (κ1) is 14.1. The van der Waals surface area contributed by atoms with E-state index in [1.807, 2.05) is 42.5 Å². The van der Waals surface area contributed by atoms with Crippen molar-refractivity contribution in [2.24, 2.45) is 0 Å². The molecular weight excluding hydrogens is 248 g/mol. The molecule has 3 heteroatoms. The molecule has 0 saturated heterocycles. The van der Waals surface area contributed by atoms with Crippen LogP contribution in [0.3, 0.4) is 0 Å². The smallest absolute Gasteiger partial charge is 0.243 e. The van der Waals surface area contributed by atoms with E-state index >= 15 is 0 Å². The van der Waals surface area contributed by atoms with Crippen LogP contribution < -0.4 is 10.6 Å². The number of amides is 1. The number of para-hydroxylation sites is 1. The number of benzene rings is 2. The first-order valence-electron chi connectivity index (χ1n) is 6.84. The van der Waals surface area contributed by atoms with Crippen molar-refractivity contribution in [1.82, 2.24) is 0 Å². The minimum Gasteiger partial charge on any atom is -0.376 e. The van der Waals surface area contributed by atoms with Gasteiger partial charge in [0.05, 0.1) is 6.54 Å². The minimum atomic E-state index is -0.0517. The number of hydrogen-bond acceptors (Lipinski definition) is 2. The summed E-state index contributed by atoms with van der Waals surface area (Å²) < 4.78 is 0. The summed E-state index contributed by atoms with van der Waals surface area (Å²) in [6.45, 7) is 4.58. The normalized spacial score (nSPS) is 10.3. The molecule has 2 N–H and O–H groups in total. The Morgan fingerprint density at radius 1 is 0.950 bits per heavy atom. The van der Waals surface area contributed by atoms with E-state index in [0.29, 0.717) is 5.92 Å². The second kappa shape index (κ2) is 6.75. The fourth-order valence-electron chi connectivity index (χ4n) is 1.89. The monoisotopic (exact) mass is 268 g/mol. The molecule has 0 radical (unpaired) electrons. The van der Waals surface area contributed by atoms with E-state index in [1.165, 1.54) is 5.56 Å². The van der Waals surface area contributed by atoms with Gasteiger partial charge in [-0.05, 0) is 35.7 Å². The highest BCUT2D eigenvalue weighted by Gasteiger charge is 2.02. The third-order valence-corrected chi connectivity index (χ3v) is 3.09. The summed E-state index contributed by atoms with van der Waals surface area (Å²) in [5.41, 5.74) is 3.07. The van der Waals surface area contributed by atoms with Gasteiger partial charge in [-0.25, -0.2) is 0 Å². The number of carbonyl (C=O) groups is 1. The Kier molecular flexibility index (Phi) is 4.77. The van der Waals surface area contributed by atoms with Crippen molar-refractivity contribution in [3.8, 4) is 0 Å². The van der Waals surface area contributed by atoms with Crippen LogP contribution in [0.25, 0.3) is 0 Å². The molecule has 0 aliphatic carbocycles. The molecule has 0 aromatic heterocycles. The van der Waals surface area contributed by atoms with Crippen LogP contribution in [-0.2, 0) is 4.79 Å². The van der Waals surface area contributed by atoms with E-state index in [9.17, 15) is 4.79 Å². The van der Waals surface area contributed by atoms with Crippen LogP contribution in [0.5, 0.6) is 0 Å². The van der Waals surface area contributed by atoms with Gasteiger partial charge in [0.15, 0.2) is 0 Å². The molecule has 1 amide bonds. The summed E-state index contributed by atoms with van der Waals surface area (Å²) in [6, 6.07) is 17.6. The first-order chi connectivity index (χ1) is 9.65. The van der Waals surface area contributed by atoms with Crippen LogP contribution in [0.4, 0.5) is 11.4 Å². The second-order valence-corrected chi connectivity index (χ2v) is 5.04. The molecule has 2 rings (SSSR count). The summed E-state index contributed by atoms with van der Waals surface area (Å²) in [5.74, 6) is 0.467. The minimum absolute atomic E-state index is 0.0517. The van der Waals surface area contributed by atoms with Crippen LogP contribution >= 0.6 is 0 Å². The Labute approximate surface area is 120 Å². The molecular formula is C17H20N2O. The van der Waals surface area contributed by atoms with E-state index in [4.69, 9.17) is 0 Å². The van der Waals surface area contributed by atoms with Crippen molar-refractivity contribution >= 4 is 17.3 Å². The summed E-state index contributed by atoms with van der Waals surface area (Å²) in [7, 11) is 0. The highest BCUT2D eigenvalue weighted by Crippen LogP contribution is 2.16. The predicted octanol–water partition coefficient (Wildman–Crippen LogP) is 3.86. The molecule has 0 aliphatic heterocycles. The highest BCUT2D eigenvalue weighted by molar-refractivity contribution is 5.93. The Morgan fingerprint density at radius 3 is 2.20 bits per heavy atom. The number of anilines is 2. The molecule has 20 heavy (non-hydrogen) atoms. The van der Waals surface area contributed by atoms with Crippen LogP contribution in [0.1, 0.15) is 25.3 Å². The first-order valence-corrected chi connectivity index (χ1v) is 6.84. The lowest BCUT2D eigenvalue weighted by Crippen LogP contribution is -2.21. The van der Waals surface area contributed by atoms with Gasteiger partial charge < -0.3 is 10.6 Å². The van der Waals surface area contributed by atoms with Gasteiger partial charge in [-0.15, -0.1) is 0 Å². The lowest BCUT2D eigenvalue weighted by atomic mass is 10.0. The molecule has 0 heterocycles. The van der Waals surface area contributed by atoms with E-state index in [-0.39, 0.29) is 12.5 Å². The van der Waals surface area contributed by atoms with Crippen LogP contribution in [-0.4, -0.2) is 12.5 Å². The van der Waals surface area contributed by atoms with E-state index in [0.717, 1.165) is 11.4 Å². The van der Waals surface area contributed by atoms with E-state index in [2.05, 4.69) is 36.6 Å². The largest absolute Gasteiger partial charge is 0.376 e. The van der Waals surface area contributed by atoms with E-state index < -0.39 is 0 Å². The fraction of sp³-hybridized carbons (Fsp3) is 0.235. The summed E-state index contributed by atoms with van der Waals surface area (Å²) >= 11 is 0. The maximum atomic E-state index is 11.8. The third kappa shape index (κ3) is 4.12. The topological polar surface area (TPSA) is 41.1 Å². The number of hydrogen-bond donors (Lipinski definition) is 2. The van der Waals surface area contributed by atoms with Crippen molar-refractivity contribution in [3.05, 3.63) is 60.2 Å². The molecule has 104 valence electrons. The third-order valence-electron chi connectivity index (χ3n) is 3.09. The van der Waals surface area contributed by atoms with Crippen LogP contribution in [0, 0.1) is 0 Å². The Morgan fingerprint density at radius 2 is 1.60 bits per heavy atom. The Balaban J connectivity index is 1.84. The van der Waals surface area contributed by atoms with E-state index in [1.54, 1.807) is 0 Å². The second-order valence-electron chi connectivity index (χ2n) is 5.04. The van der Waals surface area contributed by atoms with Gasteiger partial charge in [0.2, 0.25) is 5.91 Å². The lowest BCUT2D eigenvalue weighted by molar-refractivity contribution is -0.114. The number of carbonyl (C=O) groups excluding carboxylic acids is 1. The molecule has 0 atom stereocenters. The van der Waals surface area contributed by atoms with Crippen molar-refractivity contribution in [2.75, 3.05) is 17.2 Å². The van der Waals surface area contributed by atoms with Crippen molar-refractivity contribution in [2.45, 2.75) is 19.8 Å². The van der Waals surface area contributed by atoms with Crippen molar-refractivity contribution in [1.29, 1.82) is 0 Å². The van der Waals surface area contributed by atoms with Crippen molar-refractivity contribution < 1.29 is 4.79 Å². The molecule has 0 aliphatic rings. The molecule has 2 aromatic rings. The van der Waals surface area contributed by atoms with Gasteiger partial charge >= 0.3 is 0 Å². The average molecular weight is 268 g/mol. The zero-order chi connectivity index (χ0) is 14.4. The predicted molar refractivity (Wildman–Crippen MR) is 84.1 cm³/mol. The molecule has 0 spiro atoms. The SMILES string of the molecule is CC(C)c1ccc(NCC(=O)Nc2ccccc2)cc1. The molecule has 0 saturated carbocycles. The van der Waals surface area contributed by atoms with Gasteiger partial charge in [-0.3, -0.25) is 4.79 Å². The van der Waals surface area contributed by atoms with Crippen molar-refractivity contribution in [3.63, 3.8) is 0 Å². The molecule has 3 nitrogen and oxygen atoms in total. The molecule has 0 fully saturated rings. The van der Waals surface area contributed by atoms with Crippen LogP contribution in [0.15, 0.2) is 54.6 Å². The zero-order valence-corrected chi connectivity index (χ0v) is 11.9. The van der Waals surface area contributed by atoms with Gasteiger partial charge in [0, 0.05) is 11.4 Å². The standard InChI is InChI=1S/C17H20N2O/c1-13(2)14-8-10-15(11-9-14)18-12-17(20)19-16-6-4-3-5-7-16/h3-11,13,18H,12H2,1-2H3,(H,19,20). The zero-order valence-electron chi connectivity index (χ0n) is 11.9. The molecule has 2 aromatic carbocycles. The maximum absolute atomic E-state index is 11.8. The Hall–Kier alpha value is -2.29. The summed E-state index contributed by atoms with van der Waals surface area (Å²) in [4.78, 5) is 11.8. The molecule has 0 unspecified atom stereocenters. The van der Waals surface area contributed by atoms with Crippen LogP contribution in [0.2, 0.25) is 0 Å². The Bertz CT molecular complexity index is 547. The average Bonchev–Trinajstić information content (AvgIpc) is 2.46. The van der Waals surface area contributed by atoms with Gasteiger partial charge in [-0.1, -0.05) is 44.2 Å². The molecule has 0 bridgehead atoms. The van der Waals surface area contributed by atoms with Gasteiger partial charge in [0.25, 0.3) is 0 Å². The quantitative estimate of drug-likeness (QED) is 0.864.